The average Bonchev–Trinajstić information content (AvgIpc) is 2.49. The molecular formula is C15H11O6+. The predicted molar refractivity (Wildman–Crippen MR) is 73.4 cm³/mol. The van der Waals surface area contributed by atoms with Crippen LogP contribution in [0.15, 0.2) is 40.8 Å². The minimum absolute atomic E-state index is 0.0231. The molecule has 21 heavy (non-hydrogen) atoms. The monoisotopic (exact) mass is 287 g/mol. The summed E-state index contributed by atoms with van der Waals surface area (Å²) in [7, 11) is 0. The number of phenolic OH excluding ortho intramolecular Hbond substituents is 3. The van der Waals surface area contributed by atoms with Gasteiger partial charge in [-0.1, -0.05) is 30.3 Å². The second-order valence-corrected chi connectivity index (χ2v) is 4.46. The van der Waals surface area contributed by atoms with Gasteiger partial charge in [-0.15, -0.1) is 0 Å². The number of aromatic hydroxyl groups is 4. The number of benzene rings is 2. The normalized spacial score (nSPS) is 10.9. The molecule has 0 aliphatic carbocycles. The number of rotatable bonds is 1. The van der Waals surface area contributed by atoms with Crippen LogP contribution < -0.4 is 5.43 Å². The highest BCUT2D eigenvalue weighted by molar-refractivity contribution is 5.90. The molecule has 2 aromatic carbocycles. The van der Waals surface area contributed by atoms with Crippen molar-refractivity contribution < 1.29 is 29.6 Å². The zero-order valence-electron chi connectivity index (χ0n) is 10.6. The highest BCUT2D eigenvalue weighted by atomic mass is 16.4. The molecule has 106 valence electrons. The summed E-state index contributed by atoms with van der Waals surface area (Å²) in [5.74, 6) is -2.78. The molecule has 0 atom stereocenters. The fourth-order valence-corrected chi connectivity index (χ4v) is 2.10. The molecule has 0 fully saturated rings. The molecule has 0 aliphatic rings. The van der Waals surface area contributed by atoms with Crippen LogP contribution in [0.25, 0.3) is 22.3 Å². The van der Waals surface area contributed by atoms with Crippen molar-refractivity contribution in [3.63, 3.8) is 0 Å². The average molecular weight is 287 g/mol. The van der Waals surface area contributed by atoms with Crippen LogP contribution in [0, 0.1) is 0 Å². The highest BCUT2D eigenvalue weighted by Crippen LogP contribution is 2.42. The Hall–Kier alpha value is -3.15. The molecule has 0 aliphatic heterocycles. The van der Waals surface area contributed by atoms with Crippen LogP contribution in [0.3, 0.4) is 0 Å². The van der Waals surface area contributed by atoms with Gasteiger partial charge in [0.1, 0.15) is 0 Å². The van der Waals surface area contributed by atoms with E-state index in [0.29, 0.717) is 5.56 Å². The lowest BCUT2D eigenvalue weighted by atomic mass is 10.1. The summed E-state index contributed by atoms with van der Waals surface area (Å²) in [6, 6.07) is 9.57. The Balaban J connectivity index is 2.44. The Bertz CT molecular complexity index is 896. The van der Waals surface area contributed by atoms with Crippen molar-refractivity contribution in [3.8, 4) is 34.3 Å². The second-order valence-electron chi connectivity index (χ2n) is 4.46. The van der Waals surface area contributed by atoms with Crippen molar-refractivity contribution in [2.75, 3.05) is 0 Å². The maximum atomic E-state index is 10.0. The van der Waals surface area contributed by atoms with Crippen LogP contribution in [-0.4, -0.2) is 25.2 Å². The number of hydrogen-bond donors (Lipinski definition) is 4. The predicted octanol–water partition coefficient (Wildman–Crippen LogP) is 1.93. The van der Waals surface area contributed by atoms with Crippen LogP contribution in [-0.2, 0) is 0 Å². The molecule has 6 nitrogen and oxygen atoms in total. The first-order chi connectivity index (χ1) is 10.0. The lowest BCUT2D eigenvalue weighted by Gasteiger charge is -2.06. The van der Waals surface area contributed by atoms with Gasteiger partial charge in [-0.2, -0.15) is 0 Å². The van der Waals surface area contributed by atoms with Crippen LogP contribution in [0.2, 0.25) is 0 Å². The SMILES string of the molecule is Oc1cc2oc(-c3ccccc3)c(O)c(=[OH+])c2c(O)c1O. The Morgan fingerprint density at radius 3 is 2.19 bits per heavy atom. The largest absolute Gasteiger partial charge is 0.504 e. The molecule has 0 saturated heterocycles. The standard InChI is InChI=1S/C15H10O6/c16-8-6-9-10(12(18)11(8)17)13(19)14(20)15(21-9)7-4-2-1-3-5-7/h1-6,16-18,20H/p+1. The molecule has 0 amide bonds. The van der Waals surface area contributed by atoms with Crippen molar-refractivity contribution >= 4 is 11.0 Å². The van der Waals surface area contributed by atoms with Gasteiger partial charge in [0.2, 0.25) is 5.75 Å². The zero-order chi connectivity index (χ0) is 15.1. The van der Waals surface area contributed by atoms with Crippen LogP contribution >= 0.6 is 0 Å². The third-order valence-electron chi connectivity index (χ3n) is 3.14. The summed E-state index contributed by atoms with van der Waals surface area (Å²) in [5.41, 5.74) is -0.237. The Labute approximate surface area is 117 Å². The molecule has 0 saturated carbocycles. The third kappa shape index (κ3) is 1.85. The van der Waals surface area contributed by atoms with Crippen LogP contribution in [0.5, 0.6) is 23.0 Å². The first kappa shape index (κ1) is 12.9. The van der Waals surface area contributed by atoms with E-state index in [1.807, 2.05) is 0 Å². The summed E-state index contributed by atoms with van der Waals surface area (Å²) in [4.78, 5) is 10.0. The van der Waals surface area contributed by atoms with Gasteiger partial charge < -0.3 is 24.8 Å². The minimum atomic E-state index is -0.806. The number of phenols is 3. The van der Waals surface area contributed by atoms with E-state index in [0.717, 1.165) is 6.07 Å². The summed E-state index contributed by atoms with van der Waals surface area (Å²) in [5, 5.41) is 38.5. The third-order valence-corrected chi connectivity index (χ3v) is 3.14. The Morgan fingerprint density at radius 1 is 0.857 bits per heavy atom. The molecule has 3 aromatic rings. The Morgan fingerprint density at radius 2 is 1.52 bits per heavy atom. The first-order valence-electron chi connectivity index (χ1n) is 6.01. The summed E-state index contributed by atoms with van der Waals surface area (Å²) >= 11 is 0. The minimum Gasteiger partial charge on any atom is -0.504 e. The zero-order valence-corrected chi connectivity index (χ0v) is 10.6. The van der Waals surface area contributed by atoms with Crippen molar-refractivity contribution in [2.45, 2.75) is 0 Å². The molecule has 5 N–H and O–H groups in total. The molecular weight excluding hydrogens is 276 g/mol. The lowest BCUT2D eigenvalue weighted by molar-refractivity contribution is 0.367. The summed E-state index contributed by atoms with van der Waals surface area (Å²) < 4.78 is 5.44. The van der Waals surface area contributed by atoms with E-state index in [-0.39, 0.29) is 16.7 Å². The smallest absolute Gasteiger partial charge is 0.400 e. The molecule has 0 bridgehead atoms. The van der Waals surface area contributed by atoms with Gasteiger partial charge in [-0.3, -0.25) is 4.79 Å². The van der Waals surface area contributed by atoms with Crippen molar-refractivity contribution in [1.29, 1.82) is 0 Å². The van der Waals surface area contributed by atoms with Crippen molar-refractivity contribution in [3.05, 3.63) is 41.8 Å². The van der Waals surface area contributed by atoms with E-state index < -0.39 is 28.4 Å². The fraction of sp³-hybridized carbons (Fsp3) is 0. The maximum Gasteiger partial charge on any atom is 0.400 e. The van der Waals surface area contributed by atoms with E-state index in [1.54, 1.807) is 30.3 Å². The molecule has 0 unspecified atom stereocenters. The quantitative estimate of drug-likeness (QED) is 0.403. The molecule has 0 radical (unpaired) electrons. The summed E-state index contributed by atoms with van der Waals surface area (Å²) in [6.45, 7) is 0. The molecule has 3 rings (SSSR count). The second kappa shape index (κ2) is 4.45. The van der Waals surface area contributed by atoms with Crippen LogP contribution in [0.1, 0.15) is 0 Å². The van der Waals surface area contributed by atoms with Gasteiger partial charge in [0, 0.05) is 11.6 Å². The van der Waals surface area contributed by atoms with E-state index in [1.165, 1.54) is 0 Å². The molecule has 0 spiro atoms. The van der Waals surface area contributed by atoms with Gasteiger partial charge in [-0.25, -0.2) is 0 Å². The van der Waals surface area contributed by atoms with Crippen LogP contribution in [0.4, 0.5) is 0 Å². The topological polar surface area (TPSA) is 115 Å². The van der Waals surface area contributed by atoms with E-state index in [2.05, 4.69) is 0 Å². The fourth-order valence-electron chi connectivity index (χ4n) is 2.10. The molecule has 1 aromatic heterocycles. The van der Waals surface area contributed by atoms with E-state index in [9.17, 15) is 25.2 Å². The van der Waals surface area contributed by atoms with Gasteiger partial charge in [-0.05, 0) is 0 Å². The first-order valence-corrected chi connectivity index (χ1v) is 6.01. The highest BCUT2D eigenvalue weighted by Gasteiger charge is 2.25. The van der Waals surface area contributed by atoms with E-state index in [4.69, 9.17) is 4.42 Å². The van der Waals surface area contributed by atoms with Crippen molar-refractivity contribution in [1.82, 2.24) is 0 Å². The van der Waals surface area contributed by atoms with Gasteiger partial charge in [0.15, 0.2) is 28.2 Å². The van der Waals surface area contributed by atoms with Crippen molar-refractivity contribution in [2.24, 2.45) is 0 Å². The maximum absolute atomic E-state index is 10.0. The lowest BCUT2D eigenvalue weighted by Crippen LogP contribution is -2.05. The molecule has 1 heterocycles. The Kier molecular flexibility index (Phi) is 2.72. The van der Waals surface area contributed by atoms with E-state index >= 15 is 0 Å². The van der Waals surface area contributed by atoms with Gasteiger partial charge >= 0.3 is 5.43 Å². The number of hydrogen-bond acceptors (Lipinski definition) is 5. The van der Waals surface area contributed by atoms with Gasteiger partial charge in [0.25, 0.3) is 5.75 Å². The number of fused-ring (bicyclic) bond motifs is 1. The van der Waals surface area contributed by atoms with Gasteiger partial charge in [0.05, 0.1) is 0 Å². The summed E-state index contributed by atoms with van der Waals surface area (Å²) in [6.07, 6.45) is 0. The molecule has 6 heteroatoms.